The maximum absolute atomic E-state index is 10.8. The largest absolute Gasteiger partial charge is 0.299 e. The van der Waals surface area contributed by atoms with Crippen LogP contribution in [0.2, 0.25) is 0 Å². The minimum atomic E-state index is -3.29. The number of hydrogen-bond donors (Lipinski definition) is 0. The Morgan fingerprint density at radius 2 is 2.33 bits per heavy atom. The molecular formula is C10H19NO3S. The van der Waals surface area contributed by atoms with Gasteiger partial charge in [-0.2, -0.15) is 8.42 Å². The molecule has 1 fully saturated rings. The Morgan fingerprint density at radius 1 is 1.60 bits per heavy atom. The molecule has 0 aliphatic carbocycles. The third kappa shape index (κ3) is 5.30. The molecule has 0 amide bonds. The van der Waals surface area contributed by atoms with Crippen molar-refractivity contribution in [3.05, 3.63) is 12.7 Å². The summed E-state index contributed by atoms with van der Waals surface area (Å²) in [6.45, 7) is 6.85. The van der Waals surface area contributed by atoms with E-state index in [0.717, 1.165) is 38.7 Å². The van der Waals surface area contributed by atoms with E-state index in [2.05, 4.69) is 11.5 Å². The van der Waals surface area contributed by atoms with Crippen LogP contribution < -0.4 is 0 Å². The summed E-state index contributed by atoms with van der Waals surface area (Å²) in [5, 5.41) is 0. The standard InChI is InChI=1S/C10H19NO3S/c1-3-6-11-7-4-5-10(8-11)9-14-15(2,12)13/h3,10H,1,4-9H2,2H3. The molecule has 0 bridgehead atoms. The number of hydrogen-bond acceptors (Lipinski definition) is 4. The molecule has 5 heteroatoms. The summed E-state index contributed by atoms with van der Waals surface area (Å²) >= 11 is 0. The van der Waals surface area contributed by atoms with Crippen LogP contribution in [0, 0.1) is 5.92 Å². The maximum atomic E-state index is 10.8. The van der Waals surface area contributed by atoms with Crippen LogP contribution in [0.25, 0.3) is 0 Å². The monoisotopic (exact) mass is 233 g/mol. The summed E-state index contributed by atoms with van der Waals surface area (Å²) in [6.07, 6.45) is 5.12. The lowest BCUT2D eigenvalue weighted by Gasteiger charge is -2.31. The fourth-order valence-corrected chi connectivity index (χ4v) is 2.30. The first kappa shape index (κ1) is 12.7. The third-order valence-corrected chi connectivity index (χ3v) is 3.07. The zero-order chi connectivity index (χ0) is 11.3. The zero-order valence-electron chi connectivity index (χ0n) is 9.18. The molecule has 1 heterocycles. The fraction of sp³-hybridized carbons (Fsp3) is 0.800. The highest BCUT2D eigenvalue weighted by molar-refractivity contribution is 7.85. The lowest BCUT2D eigenvalue weighted by atomic mass is 9.99. The van der Waals surface area contributed by atoms with E-state index in [4.69, 9.17) is 4.18 Å². The van der Waals surface area contributed by atoms with E-state index >= 15 is 0 Å². The molecule has 1 aliphatic rings. The van der Waals surface area contributed by atoms with Crippen molar-refractivity contribution in [2.75, 3.05) is 32.5 Å². The highest BCUT2D eigenvalue weighted by atomic mass is 32.2. The first-order valence-electron chi connectivity index (χ1n) is 5.19. The van der Waals surface area contributed by atoms with Gasteiger partial charge in [-0.1, -0.05) is 6.08 Å². The normalized spacial score (nSPS) is 23.9. The molecule has 1 atom stereocenters. The van der Waals surface area contributed by atoms with Crippen LogP contribution in [0.5, 0.6) is 0 Å². The summed E-state index contributed by atoms with van der Waals surface area (Å²) < 4.78 is 26.5. The van der Waals surface area contributed by atoms with Gasteiger partial charge in [0.2, 0.25) is 0 Å². The van der Waals surface area contributed by atoms with Crippen molar-refractivity contribution in [2.45, 2.75) is 12.8 Å². The first-order chi connectivity index (χ1) is 7.01. The predicted molar refractivity (Wildman–Crippen MR) is 60.2 cm³/mol. The van der Waals surface area contributed by atoms with E-state index in [1.165, 1.54) is 0 Å². The molecule has 0 aromatic heterocycles. The second-order valence-electron chi connectivity index (χ2n) is 4.05. The summed E-state index contributed by atoms with van der Waals surface area (Å²) in [5.74, 6) is 0.327. The van der Waals surface area contributed by atoms with Crippen molar-refractivity contribution in [1.29, 1.82) is 0 Å². The molecule has 0 spiro atoms. The zero-order valence-corrected chi connectivity index (χ0v) is 10.0. The first-order valence-corrected chi connectivity index (χ1v) is 7.00. The Bertz CT molecular complexity index is 300. The number of likely N-dealkylation sites (tertiary alicyclic amines) is 1. The topological polar surface area (TPSA) is 46.6 Å². The number of nitrogens with zero attached hydrogens (tertiary/aromatic N) is 1. The molecule has 15 heavy (non-hydrogen) atoms. The van der Waals surface area contributed by atoms with E-state index in [1.807, 2.05) is 6.08 Å². The molecule has 1 saturated heterocycles. The summed E-state index contributed by atoms with van der Waals surface area (Å²) in [4.78, 5) is 2.27. The van der Waals surface area contributed by atoms with Crippen molar-refractivity contribution in [3.8, 4) is 0 Å². The second-order valence-corrected chi connectivity index (χ2v) is 5.69. The molecule has 1 aliphatic heterocycles. The SMILES string of the molecule is C=CCN1CCCC(COS(C)(=O)=O)C1. The van der Waals surface area contributed by atoms with E-state index in [9.17, 15) is 8.42 Å². The predicted octanol–water partition coefficient (Wildman–Crippen LogP) is 0.861. The third-order valence-electron chi connectivity index (χ3n) is 2.51. The van der Waals surface area contributed by atoms with Gasteiger partial charge in [-0.15, -0.1) is 6.58 Å². The van der Waals surface area contributed by atoms with Crippen molar-refractivity contribution >= 4 is 10.1 Å². The van der Waals surface area contributed by atoms with Crippen LogP contribution in [0.1, 0.15) is 12.8 Å². The van der Waals surface area contributed by atoms with Gasteiger partial charge in [0.25, 0.3) is 10.1 Å². The summed E-state index contributed by atoms with van der Waals surface area (Å²) in [5.41, 5.74) is 0. The van der Waals surface area contributed by atoms with Crippen molar-refractivity contribution < 1.29 is 12.6 Å². The van der Waals surface area contributed by atoms with Crippen molar-refractivity contribution in [2.24, 2.45) is 5.92 Å². The average molecular weight is 233 g/mol. The van der Waals surface area contributed by atoms with E-state index in [0.29, 0.717) is 12.5 Å². The van der Waals surface area contributed by atoms with E-state index in [-0.39, 0.29) is 0 Å². The minimum absolute atomic E-state index is 0.312. The highest BCUT2D eigenvalue weighted by Crippen LogP contribution is 2.17. The lowest BCUT2D eigenvalue weighted by Crippen LogP contribution is -2.37. The molecular weight excluding hydrogens is 214 g/mol. The molecule has 0 aromatic carbocycles. The number of rotatable bonds is 5. The molecule has 0 radical (unpaired) electrons. The van der Waals surface area contributed by atoms with Gasteiger partial charge in [0.15, 0.2) is 0 Å². The highest BCUT2D eigenvalue weighted by Gasteiger charge is 2.20. The van der Waals surface area contributed by atoms with E-state index < -0.39 is 10.1 Å². The Hall–Kier alpha value is -0.390. The van der Waals surface area contributed by atoms with Gasteiger partial charge in [-0.3, -0.25) is 9.08 Å². The van der Waals surface area contributed by atoms with Crippen LogP contribution in [0.3, 0.4) is 0 Å². The summed E-state index contributed by atoms with van der Waals surface area (Å²) in [7, 11) is -3.29. The van der Waals surface area contributed by atoms with Gasteiger partial charge in [0.1, 0.15) is 0 Å². The quantitative estimate of drug-likeness (QED) is 0.522. The number of piperidine rings is 1. The molecule has 88 valence electrons. The second kappa shape index (κ2) is 5.63. The molecule has 0 aromatic rings. The Balaban J connectivity index is 2.33. The van der Waals surface area contributed by atoms with Crippen LogP contribution in [-0.4, -0.2) is 45.8 Å². The van der Waals surface area contributed by atoms with Gasteiger partial charge >= 0.3 is 0 Å². The molecule has 1 unspecified atom stereocenters. The molecule has 0 saturated carbocycles. The van der Waals surface area contributed by atoms with Gasteiger partial charge in [0.05, 0.1) is 12.9 Å². The van der Waals surface area contributed by atoms with Gasteiger partial charge in [0, 0.05) is 13.1 Å². The maximum Gasteiger partial charge on any atom is 0.264 e. The molecule has 0 N–H and O–H groups in total. The average Bonchev–Trinajstić information content (AvgIpc) is 2.15. The van der Waals surface area contributed by atoms with Crippen LogP contribution in [0.15, 0.2) is 12.7 Å². The van der Waals surface area contributed by atoms with Crippen molar-refractivity contribution in [1.82, 2.24) is 4.90 Å². The minimum Gasteiger partial charge on any atom is -0.299 e. The van der Waals surface area contributed by atoms with E-state index in [1.54, 1.807) is 0 Å². The smallest absolute Gasteiger partial charge is 0.264 e. The van der Waals surface area contributed by atoms with Crippen LogP contribution in [0.4, 0.5) is 0 Å². The fourth-order valence-electron chi connectivity index (χ4n) is 1.86. The van der Waals surface area contributed by atoms with Gasteiger partial charge in [-0.05, 0) is 25.3 Å². The Morgan fingerprint density at radius 3 is 2.93 bits per heavy atom. The molecule has 4 nitrogen and oxygen atoms in total. The summed E-state index contributed by atoms with van der Waals surface area (Å²) in [6, 6.07) is 0. The van der Waals surface area contributed by atoms with Crippen LogP contribution in [-0.2, 0) is 14.3 Å². The van der Waals surface area contributed by atoms with Crippen LogP contribution >= 0.6 is 0 Å². The van der Waals surface area contributed by atoms with Crippen molar-refractivity contribution in [3.63, 3.8) is 0 Å². The Labute approximate surface area is 92.0 Å². The lowest BCUT2D eigenvalue weighted by molar-refractivity contribution is 0.143. The Kier molecular flexibility index (Phi) is 4.76. The van der Waals surface area contributed by atoms with Gasteiger partial charge in [-0.25, -0.2) is 0 Å². The van der Waals surface area contributed by atoms with Gasteiger partial charge < -0.3 is 0 Å². The molecule has 1 rings (SSSR count).